The van der Waals surface area contributed by atoms with Crippen LogP contribution in [0.1, 0.15) is 10.4 Å². The molecule has 62 valence electrons. The van der Waals surface area contributed by atoms with Gasteiger partial charge in [0.05, 0.1) is 0 Å². The van der Waals surface area contributed by atoms with Crippen molar-refractivity contribution >= 4 is 17.5 Å². The predicted molar refractivity (Wildman–Crippen MR) is 48.9 cm³/mol. The van der Waals surface area contributed by atoms with E-state index in [1.165, 1.54) is 11.7 Å². The van der Waals surface area contributed by atoms with Crippen molar-refractivity contribution in [2.24, 2.45) is 0 Å². The molecular weight excluding hydrogens is 174 g/mol. The fraction of sp³-hybridized carbons (Fsp3) is 0. The Labute approximate surface area is 75.9 Å². The van der Waals surface area contributed by atoms with Gasteiger partial charge in [0.2, 0.25) is 0 Å². The second kappa shape index (κ2) is 4.57. The van der Waals surface area contributed by atoms with E-state index in [1.807, 2.05) is 6.07 Å². The summed E-state index contributed by atoms with van der Waals surface area (Å²) in [5.74, 6) is -0.160. The van der Waals surface area contributed by atoms with Gasteiger partial charge in [0.15, 0.2) is 0 Å². The van der Waals surface area contributed by atoms with Crippen molar-refractivity contribution < 1.29 is 4.79 Å². The molecule has 0 spiro atoms. The molecule has 0 radical (unpaired) electrons. The van der Waals surface area contributed by atoms with Gasteiger partial charge < -0.3 is 5.32 Å². The second-order valence-corrected chi connectivity index (χ2v) is 2.38. The lowest BCUT2D eigenvalue weighted by molar-refractivity contribution is 0.0970. The molecule has 0 fully saturated rings. The Balaban J connectivity index is 2.66. The molecule has 1 aromatic rings. The summed E-state index contributed by atoms with van der Waals surface area (Å²) in [6.07, 6.45) is 1.39. The van der Waals surface area contributed by atoms with Crippen LogP contribution in [-0.2, 0) is 0 Å². The number of hydrogen-bond donors (Lipinski definition) is 1. The smallest absolute Gasteiger partial charge is 0.255 e. The maximum atomic E-state index is 11.2. The van der Waals surface area contributed by atoms with Crippen molar-refractivity contribution in [3.8, 4) is 0 Å². The first-order chi connectivity index (χ1) is 5.84. The second-order valence-electron chi connectivity index (χ2n) is 2.13. The number of rotatable bonds is 2. The number of amides is 1. The van der Waals surface area contributed by atoms with Gasteiger partial charge in [0.25, 0.3) is 5.91 Å². The van der Waals surface area contributed by atoms with Gasteiger partial charge in [-0.2, -0.15) is 0 Å². The molecule has 0 unspecified atom stereocenters. The monoisotopic (exact) mass is 181 g/mol. The van der Waals surface area contributed by atoms with Crippen molar-refractivity contribution in [2.45, 2.75) is 0 Å². The zero-order valence-electron chi connectivity index (χ0n) is 6.33. The molecule has 1 amide bonds. The summed E-state index contributed by atoms with van der Waals surface area (Å²) in [6, 6.07) is 8.93. The first-order valence-corrected chi connectivity index (χ1v) is 3.89. The topological polar surface area (TPSA) is 29.1 Å². The van der Waals surface area contributed by atoms with Gasteiger partial charge in [-0.1, -0.05) is 29.8 Å². The van der Waals surface area contributed by atoms with E-state index in [0.29, 0.717) is 5.56 Å². The lowest BCUT2D eigenvalue weighted by atomic mass is 10.2. The summed E-state index contributed by atoms with van der Waals surface area (Å²) in [4.78, 5) is 11.2. The van der Waals surface area contributed by atoms with Gasteiger partial charge in [-0.3, -0.25) is 4.79 Å². The van der Waals surface area contributed by atoms with Crippen LogP contribution in [0.15, 0.2) is 42.1 Å². The summed E-state index contributed by atoms with van der Waals surface area (Å²) in [7, 11) is 0. The number of nitrogens with one attached hydrogen (secondary N) is 1. The van der Waals surface area contributed by atoms with Crippen LogP contribution < -0.4 is 5.32 Å². The van der Waals surface area contributed by atoms with E-state index >= 15 is 0 Å². The fourth-order valence-electron chi connectivity index (χ4n) is 0.780. The Morgan fingerprint density at radius 2 is 2.00 bits per heavy atom. The van der Waals surface area contributed by atoms with Gasteiger partial charge in [-0.05, 0) is 12.1 Å². The Hall–Kier alpha value is -1.28. The van der Waals surface area contributed by atoms with Crippen LogP contribution in [0.2, 0.25) is 0 Å². The highest BCUT2D eigenvalue weighted by atomic mass is 35.5. The fourth-order valence-corrected chi connectivity index (χ4v) is 0.843. The molecule has 3 heteroatoms. The first kappa shape index (κ1) is 8.81. The molecule has 0 aliphatic rings. The highest BCUT2D eigenvalue weighted by Crippen LogP contribution is 1.97. The van der Waals surface area contributed by atoms with Crippen LogP contribution in [0.4, 0.5) is 0 Å². The Bertz CT molecular complexity index is 282. The Kier molecular flexibility index (Phi) is 3.35. The Morgan fingerprint density at radius 1 is 1.33 bits per heavy atom. The zero-order valence-corrected chi connectivity index (χ0v) is 7.08. The van der Waals surface area contributed by atoms with Gasteiger partial charge in [0.1, 0.15) is 0 Å². The summed E-state index contributed by atoms with van der Waals surface area (Å²) in [5.41, 5.74) is 1.87. The summed E-state index contributed by atoms with van der Waals surface area (Å²) in [5, 5.41) is 2.50. The number of carbonyl (C=O) groups excluding carboxylic acids is 1. The summed E-state index contributed by atoms with van der Waals surface area (Å²) >= 11 is 5.24. The molecular formula is C9H8ClNO. The average Bonchev–Trinajstić information content (AvgIpc) is 2.15. The average molecular weight is 182 g/mol. The van der Waals surface area contributed by atoms with Gasteiger partial charge in [-0.25, -0.2) is 0 Å². The van der Waals surface area contributed by atoms with Crippen molar-refractivity contribution in [1.82, 2.24) is 5.32 Å². The van der Waals surface area contributed by atoms with E-state index in [4.69, 9.17) is 11.6 Å². The largest absolute Gasteiger partial charge is 0.328 e. The standard InChI is InChI=1S/C9H8ClNO/c10-6-7-11-9(12)8-4-2-1-3-5-8/h1-7H,(H,11,12). The minimum absolute atomic E-state index is 0.160. The predicted octanol–water partition coefficient (Wildman–Crippen LogP) is 2.13. The molecule has 0 aliphatic heterocycles. The van der Waals surface area contributed by atoms with Crippen LogP contribution in [0, 0.1) is 0 Å². The van der Waals surface area contributed by atoms with E-state index < -0.39 is 0 Å². The molecule has 0 aromatic heterocycles. The van der Waals surface area contributed by atoms with E-state index in [9.17, 15) is 4.79 Å². The number of hydrogen-bond acceptors (Lipinski definition) is 1. The summed E-state index contributed by atoms with van der Waals surface area (Å²) < 4.78 is 0. The third kappa shape index (κ3) is 2.40. The number of halogens is 1. The van der Waals surface area contributed by atoms with E-state index in [1.54, 1.807) is 24.3 Å². The SMILES string of the molecule is O=C(NC=CCl)c1ccccc1. The minimum Gasteiger partial charge on any atom is -0.328 e. The lowest BCUT2D eigenvalue weighted by Crippen LogP contribution is -2.16. The third-order valence-electron chi connectivity index (χ3n) is 1.31. The molecule has 0 saturated carbocycles. The molecule has 1 aromatic carbocycles. The van der Waals surface area contributed by atoms with Crippen molar-refractivity contribution in [2.75, 3.05) is 0 Å². The first-order valence-electron chi connectivity index (χ1n) is 3.46. The highest BCUT2D eigenvalue weighted by molar-refractivity contribution is 6.25. The van der Waals surface area contributed by atoms with E-state index in [2.05, 4.69) is 5.32 Å². The molecule has 0 bridgehead atoms. The molecule has 0 aliphatic carbocycles. The van der Waals surface area contributed by atoms with E-state index in [0.717, 1.165) is 0 Å². The van der Waals surface area contributed by atoms with E-state index in [-0.39, 0.29) is 5.91 Å². The quantitative estimate of drug-likeness (QED) is 0.744. The molecule has 0 atom stereocenters. The Morgan fingerprint density at radius 3 is 2.58 bits per heavy atom. The van der Waals surface area contributed by atoms with Crippen LogP contribution in [-0.4, -0.2) is 5.91 Å². The van der Waals surface area contributed by atoms with Crippen molar-refractivity contribution in [3.63, 3.8) is 0 Å². The zero-order chi connectivity index (χ0) is 8.81. The molecule has 0 saturated heterocycles. The number of benzene rings is 1. The van der Waals surface area contributed by atoms with Gasteiger partial charge in [0, 0.05) is 17.3 Å². The van der Waals surface area contributed by atoms with Crippen LogP contribution in [0.3, 0.4) is 0 Å². The van der Waals surface area contributed by atoms with Crippen molar-refractivity contribution in [3.05, 3.63) is 47.6 Å². The maximum Gasteiger partial charge on any atom is 0.255 e. The maximum absolute atomic E-state index is 11.2. The lowest BCUT2D eigenvalue weighted by Gasteiger charge is -1.97. The van der Waals surface area contributed by atoms with Gasteiger partial charge >= 0.3 is 0 Å². The summed E-state index contributed by atoms with van der Waals surface area (Å²) in [6.45, 7) is 0. The molecule has 0 heterocycles. The van der Waals surface area contributed by atoms with Crippen LogP contribution in [0.25, 0.3) is 0 Å². The highest BCUT2D eigenvalue weighted by Gasteiger charge is 1.99. The van der Waals surface area contributed by atoms with Crippen molar-refractivity contribution in [1.29, 1.82) is 0 Å². The number of carbonyl (C=O) groups is 1. The molecule has 1 rings (SSSR count). The molecule has 2 nitrogen and oxygen atoms in total. The van der Waals surface area contributed by atoms with Gasteiger partial charge in [-0.15, -0.1) is 0 Å². The normalized spacial score (nSPS) is 10.1. The molecule has 1 N–H and O–H groups in total. The minimum atomic E-state index is -0.160. The van der Waals surface area contributed by atoms with Crippen LogP contribution in [0.5, 0.6) is 0 Å². The van der Waals surface area contributed by atoms with Crippen LogP contribution >= 0.6 is 11.6 Å². The third-order valence-corrected chi connectivity index (χ3v) is 1.44. The molecule has 12 heavy (non-hydrogen) atoms.